The van der Waals surface area contributed by atoms with Gasteiger partial charge in [0.1, 0.15) is 0 Å². The summed E-state index contributed by atoms with van der Waals surface area (Å²) in [6, 6.07) is 13.9. The van der Waals surface area contributed by atoms with Gasteiger partial charge in [-0.05, 0) is 43.3 Å². The Morgan fingerprint density at radius 2 is 1.58 bits per heavy atom. The summed E-state index contributed by atoms with van der Waals surface area (Å²) in [7, 11) is -2.06. The van der Waals surface area contributed by atoms with Gasteiger partial charge >= 0.3 is 0 Å². The van der Waals surface area contributed by atoms with Gasteiger partial charge in [-0.15, -0.1) is 0 Å². The molecule has 0 bridgehead atoms. The third-order valence-electron chi connectivity index (χ3n) is 3.82. The van der Waals surface area contributed by atoms with Crippen LogP contribution < -0.4 is 4.31 Å². The molecule has 6 heteroatoms. The van der Waals surface area contributed by atoms with Gasteiger partial charge in [0.2, 0.25) is 0 Å². The highest BCUT2D eigenvalue weighted by atomic mass is 32.2. The lowest BCUT2D eigenvalue weighted by Gasteiger charge is -2.19. The van der Waals surface area contributed by atoms with Crippen LogP contribution in [0.1, 0.15) is 11.5 Å². The van der Waals surface area contributed by atoms with Gasteiger partial charge in [-0.25, -0.2) is 13.4 Å². The summed E-state index contributed by atoms with van der Waals surface area (Å²) in [6.45, 7) is 3.72. The summed E-state index contributed by atoms with van der Waals surface area (Å²) in [4.78, 5) is 4.27. The Labute approximate surface area is 141 Å². The van der Waals surface area contributed by atoms with Gasteiger partial charge in [-0.2, -0.15) is 0 Å². The van der Waals surface area contributed by atoms with Crippen molar-refractivity contribution in [2.75, 3.05) is 11.4 Å². The van der Waals surface area contributed by atoms with Crippen molar-refractivity contribution in [1.29, 1.82) is 0 Å². The molecule has 0 aliphatic carbocycles. The second kappa shape index (κ2) is 6.13. The maximum atomic E-state index is 12.8. The largest absolute Gasteiger partial charge is 0.441 e. The second-order valence-corrected chi connectivity index (χ2v) is 7.55. The Morgan fingerprint density at radius 3 is 2.12 bits per heavy atom. The zero-order valence-electron chi connectivity index (χ0n) is 13.7. The van der Waals surface area contributed by atoms with Crippen LogP contribution in [-0.2, 0) is 10.0 Å². The van der Waals surface area contributed by atoms with E-state index in [2.05, 4.69) is 4.98 Å². The molecule has 0 radical (unpaired) electrons. The van der Waals surface area contributed by atoms with E-state index in [1.54, 1.807) is 56.6 Å². The van der Waals surface area contributed by atoms with Crippen LogP contribution in [0.25, 0.3) is 11.3 Å². The van der Waals surface area contributed by atoms with Crippen molar-refractivity contribution in [2.45, 2.75) is 18.7 Å². The van der Waals surface area contributed by atoms with Gasteiger partial charge in [0, 0.05) is 19.5 Å². The molecule has 0 fully saturated rings. The fourth-order valence-corrected chi connectivity index (χ4v) is 3.53. The van der Waals surface area contributed by atoms with Crippen LogP contribution in [-0.4, -0.2) is 20.4 Å². The first-order valence-electron chi connectivity index (χ1n) is 7.46. The fourth-order valence-electron chi connectivity index (χ4n) is 2.34. The highest BCUT2D eigenvalue weighted by Gasteiger charge is 2.21. The molecule has 0 saturated carbocycles. The van der Waals surface area contributed by atoms with E-state index in [1.807, 2.05) is 19.1 Å². The number of sulfonamides is 1. The van der Waals surface area contributed by atoms with Crippen molar-refractivity contribution in [2.24, 2.45) is 0 Å². The van der Waals surface area contributed by atoms with Crippen LogP contribution in [0.15, 0.2) is 64.0 Å². The van der Waals surface area contributed by atoms with E-state index in [1.165, 1.54) is 4.31 Å². The van der Waals surface area contributed by atoms with Gasteiger partial charge in [-0.3, -0.25) is 4.31 Å². The van der Waals surface area contributed by atoms with Gasteiger partial charge in [0.25, 0.3) is 10.0 Å². The van der Waals surface area contributed by atoms with Gasteiger partial charge in [0.15, 0.2) is 11.7 Å². The molecule has 124 valence electrons. The number of rotatable bonds is 4. The summed E-state index contributed by atoms with van der Waals surface area (Å²) in [5, 5.41) is 0. The van der Waals surface area contributed by atoms with Gasteiger partial charge in [-0.1, -0.05) is 17.7 Å². The molecule has 1 heterocycles. The minimum atomic E-state index is -3.61. The van der Waals surface area contributed by atoms with Crippen molar-refractivity contribution in [3.8, 4) is 11.3 Å². The molecule has 5 nitrogen and oxygen atoms in total. The first-order valence-corrected chi connectivity index (χ1v) is 8.90. The highest BCUT2D eigenvalue weighted by Crippen LogP contribution is 2.25. The number of aryl methyl sites for hydroxylation is 2. The molecule has 0 amide bonds. The van der Waals surface area contributed by atoms with E-state index in [0.29, 0.717) is 17.3 Å². The Balaban J connectivity index is 1.90. The quantitative estimate of drug-likeness (QED) is 0.724. The summed E-state index contributed by atoms with van der Waals surface area (Å²) in [6.07, 6.45) is 1.62. The van der Waals surface area contributed by atoms with E-state index in [0.717, 1.165) is 11.1 Å². The first kappa shape index (κ1) is 16.3. The third-order valence-corrected chi connectivity index (χ3v) is 5.62. The van der Waals surface area contributed by atoms with Crippen LogP contribution in [0, 0.1) is 13.8 Å². The number of hydrogen-bond acceptors (Lipinski definition) is 4. The minimum absolute atomic E-state index is 0.227. The van der Waals surface area contributed by atoms with Crippen molar-refractivity contribution in [3.05, 3.63) is 66.2 Å². The molecule has 0 atom stereocenters. The molecule has 0 unspecified atom stereocenters. The van der Waals surface area contributed by atoms with Gasteiger partial charge in [0.05, 0.1) is 16.8 Å². The maximum Gasteiger partial charge on any atom is 0.264 e. The van der Waals surface area contributed by atoms with Crippen molar-refractivity contribution in [1.82, 2.24) is 4.98 Å². The molecule has 0 aliphatic heterocycles. The second-order valence-electron chi connectivity index (χ2n) is 5.58. The van der Waals surface area contributed by atoms with E-state index in [4.69, 9.17) is 4.42 Å². The number of oxazole rings is 1. The Kier molecular flexibility index (Phi) is 4.15. The third kappa shape index (κ3) is 3.05. The van der Waals surface area contributed by atoms with E-state index in [-0.39, 0.29) is 4.90 Å². The predicted molar refractivity (Wildman–Crippen MR) is 93.4 cm³/mol. The van der Waals surface area contributed by atoms with Crippen molar-refractivity contribution in [3.63, 3.8) is 0 Å². The lowest BCUT2D eigenvalue weighted by molar-refractivity contribution is 0.534. The summed E-state index contributed by atoms with van der Waals surface area (Å²) < 4.78 is 32.2. The SMILES string of the molecule is Cc1ccc(N(C)S(=O)(=O)c2ccc(-c3cnc(C)o3)cc2)cc1. The predicted octanol–water partition coefficient (Wildman–Crippen LogP) is 3.78. The molecular formula is C18H18N2O3S. The lowest BCUT2D eigenvalue weighted by Crippen LogP contribution is -2.26. The van der Waals surface area contributed by atoms with Crippen molar-refractivity contribution < 1.29 is 12.8 Å². The average Bonchev–Trinajstić information content (AvgIpc) is 3.01. The molecule has 3 rings (SSSR count). The molecule has 0 spiro atoms. The molecule has 0 saturated heterocycles. The molecule has 24 heavy (non-hydrogen) atoms. The summed E-state index contributed by atoms with van der Waals surface area (Å²) >= 11 is 0. The molecule has 0 aliphatic rings. The molecule has 1 aromatic heterocycles. The van der Waals surface area contributed by atoms with Crippen molar-refractivity contribution >= 4 is 15.7 Å². The molecule has 3 aromatic rings. The molecule has 2 aromatic carbocycles. The van der Waals surface area contributed by atoms with Gasteiger partial charge < -0.3 is 4.42 Å². The zero-order chi connectivity index (χ0) is 17.3. The monoisotopic (exact) mass is 342 g/mol. The Bertz CT molecular complexity index is 943. The molecule has 0 N–H and O–H groups in total. The van der Waals surface area contributed by atoms with Crippen LogP contribution in [0.4, 0.5) is 5.69 Å². The number of nitrogens with zero attached hydrogens (tertiary/aromatic N) is 2. The lowest BCUT2D eigenvalue weighted by atomic mass is 10.2. The normalized spacial score (nSPS) is 11.5. The number of aromatic nitrogens is 1. The first-order chi connectivity index (χ1) is 11.4. The number of benzene rings is 2. The van der Waals surface area contributed by atoms with Crippen LogP contribution in [0.5, 0.6) is 0 Å². The number of anilines is 1. The number of hydrogen-bond donors (Lipinski definition) is 0. The molecular weight excluding hydrogens is 324 g/mol. The topological polar surface area (TPSA) is 63.4 Å². The van der Waals surface area contributed by atoms with E-state index >= 15 is 0 Å². The zero-order valence-corrected chi connectivity index (χ0v) is 14.5. The minimum Gasteiger partial charge on any atom is -0.441 e. The van der Waals surface area contributed by atoms with Crippen LogP contribution in [0.3, 0.4) is 0 Å². The Hall–Kier alpha value is -2.60. The highest BCUT2D eigenvalue weighted by molar-refractivity contribution is 7.92. The van der Waals surface area contributed by atoms with E-state index in [9.17, 15) is 8.42 Å². The smallest absolute Gasteiger partial charge is 0.264 e. The summed E-state index contributed by atoms with van der Waals surface area (Å²) in [5.74, 6) is 1.18. The van der Waals surface area contributed by atoms with Crippen LogP contribution in [0.2, 0.25) is 0 Å². The maximum absolute atomic E-state index is 12.8. The average molecular weight is 342 g/mol. The summed E-state index contributed by atoms with van der Waals surface area (Å²) in [5.41, 5.74) is 2.49. The van der Waals surface area contributed by atoms with E-state index < -0.39 is 10.0 Å². The standard InChI is InChI=1S/C18H18N2O3S/c1-13-4-8-16(9-5-13)20(3)24(21,22)17-10-6-15(7-11-17)18-12-19-14(2)23-18/h4-12H,1-3H3. The Morgan fingerprint density at radius 1 is 0.958 bits per heavy atom. The van der Waals surface area contributed by atoms with Crippen LogP contribution >= 0.6 is 0 Å². The fraction of sp³-hybridized carbons (Fsp3) is 0.167.